The zero-order valence-electron chi connectivity index (χ0n) is 10.3. The van der Waals surface area contributed by atoms with Crippen LogP contribution < -0.4 is 16.4 Å². The Kier molecular flexibility index (Phi) is 2.92. The van der Waals surface area contributed by atoms with Crippen LogP contribution in [0.3, 0.4) is 0 Å². The van der Waals surface area contributed by atoms with Crippen molar-refractivity contribution in [3.8, 4) is 0 Å². The van der Waals surface area contributed by atoms with Crippen molar-refractivity contribution in [2.45, 2.75) is 6.10 Å². The first-order chi connectivity index (χ1) is 9.17. The first-order valence-electron chi connectivity index (χ1n) is 6.07. The largest absolute Gasteiger partial charge is 0.417 e. The Labute approximate surface area is 108 Å². The van der Waals surface area contributed by atoms with Crippen LogP contribution in [0, 0.1) is 0 Å². The zero-order chi connectivity index (χ0) is 13.4. The monoisotopic (exact) mass is 265 g/mol. The number of rotatable bonds is 2. The van der Waals surface area contributed by atoms with Gasteiger partial charge in [-0.3, -0.25) is 4.98 Å². The second-order valence-corrected chi connectivity index (χ2v) is 4.54. The van der Waals surface area contributed by atoms with Crippen molar-refractivity contribution >= 4 is 22.5 Å². The van der Waals surface area contributed by atoms with Gasteiger partial charge in [0.05, 0.1) is 36.2 Å². The number of aromatic nitrogens is 1. The number of hydrogen-bond donors (Lipinski definition) is 3. The number of aliphatic hydroxyl groups is 1. The summed E-state index contributed by atoms with van der Waals surface area (Å²) in [6, 6.07) is 3.42. The van der Waals surface area contributed by atoms with E-state index in [1.165, 1.54) is 0 Å². The van der Waals surface area contributed by atoms with Crippen molar-refractivity contribution in [1.29, 1.82) is 0 Å². The van der Waals surface area contributed by atoms with Gasteiger partial charge in [-0.15, -0.1) is 0 Å². The molecule has 1 aliphatic heterocycles. The minimum atomic E-state index is -0.498. The number of H-pyrrole nitrogens is 1. The third-order valence-corrected chi connectivity index (χ3v) is 3.25. The summed E-state index contributed by atoms with van der Waals surface area (Å²) in [7, 11) is 0. The maximum absolute atomic E-state index is 11.2. The Morgan fingerprint density at radius 2 is 2.37 bits per heavy atom. The van der Waals surface area contributed by atoms with Gasteiger partial charge >= 0.3 is 5.76 Å². The van der Waals surface area contributed by atoms with Gasteiger partial charge < -0.3 is 24.9 Å². The van der Waals surface area contributed by atoms with Crippen LogP contribution in [-0.4, -0.2) is 42.5 Å². The van der Waals surface area contributed by atoms with Crippen molar-refractivity contribution in [3.63, 3.8) is 0 Å². The predicted octanol–water partition coefficient (Wildman–Crippen LogP) is -0.0992. The highest BCUT2D eigenvalue weighted by Gasteiger charge is 2.22. The van der Waals surface area contributed by atoms with E-state index in [4.69, 9.17) is 20.0 Å². The Bertz CT molecular complexity index is 648. The lowest BCUT2D eigenvalue weighted by Gasteiger charge is -2.34. The smallest absolute Gasteiger partial charge is 0.408 e. The fourth-order valence-electron chi connectivity index (χ4n) is 2.32. The molecule has 102 valence electrons. The summed E-state index contributed by atoms with van der Waals surface area (Å²) in [5.74, 6) is -0.498. The van der Waals surface area contributed by atoms with Crippen LogP contribution in [0.1, 0.15) is 0 Å². The van der Waals surface area contributed by atoms with E-state index < -0.39 is 5.76 Å². The molecule has 4 N–H and O–H groups in total. The molecule has 1 aromatic carbocycles. The highest BCUT2D eigenvalue weighted by molar-refractivity contribution is 5.85. The van der Waals surface area contributed by atoms with E-state index in [1.807, 2.05) is 4.90 Å². The Morgan fingerprint density at radius 3 is 3.16 bits per heavy atom. The number of morpholine rings is 1. The number of fused-ring (bicyclic) bond motifs is 1. The summed E-state index contributed by atoms with van der Waals surface area (Å²) in [5.41, 5.74) is 8.40. The second kappa shape index (κ2) is 4.60. The summed E-state index contributed by atoms with van der Waals surface area (Å²) < 4.78 is 10.4. The van der Waals surface area contributed by atoms with Gasteiger partial charge in [0.2, 0.25) is 0 Å². The number of benzene rings is 1. The molecule has 1 aromatic heterocycles. The van der Waals surface area contributed by atoms with Crippen molar-refractivity contribution in [1.82, 2.24) is 4.98 Å². The number of hydrogen-bond acceptors (Lipinski definition) is 6. The molecule has 1 unspecified atom stereocenters. The second-order valence-electron chi connectivity index (χ2n) is 4.54. The molecule has 7 heteroatoms. The van der Waals surface area contributed by atoms with Gasteiger partial charge in [0, 0.05) is 19.2 Å². The van der Waals surface area contributed by atoms with Gasteiger partial charge in [0.15, 0.2) is 5.58 Å². The van der Waals surface area contributed by atoms with E-state index in [-0.39, 0.29) is 12.7 Å². The molecule has 0 amide bonds. The maximum atomic E-state index is 11.2. The molecule has 0 radical (unpaired) electrons. The van der Waals surface area contributed by atoms with Crippen molar-refractivity contribution < 1.29 is 14.3 Å². The van der Waals surface area contributed by atoms with Gasteiger partial charge in [-0.05, 0) is 6.07 Å². The van der Waals surface area contributed by atoms with Gasteiger partial charge in [-0.1, -0.05) is 0 Å². The average molecular weight is 265 g/mol. The molecule has 0 spiro atoms. The number of nitrogens with two attached hydrogens (primary N) is 1. The lowest BCUT2D eigenvalue weighted by Crippen LogP contribution is -2.44. The number of aliphatic hydroxyl groups excluding tert-OH is 1. The standard InChI is InChI=1S/C12H15N3O4/c13-8-3-11-9(14-12(17)19-11)4-10(8)15-1-2-18-7(5-15)6-16/h3-4,7,16H,1-2,5-6,13H2,(H,14,17). The van der Waals surface area contributed by atoms with Crippen LogP contribution in [0.4, 0.5) is 11.4 Å². The van der Waals surface area contributed by atoms with Crippen LogP contribution in [0.25, 0.3) is 11.1 Å². The van der Waals surface area contributed by atoms with E-state index >= 15 is 0 Å². The van der Waals surface area contributed by atoms with E-state index in [9.17, 15) is 4.79 Å². The van der Waals surface area contributed by atoms with Crippen molar-refractivity contribution in [2.24, 2.45) is 0 Å². The molecule has 0 bridgehead atoms. The molecule has 1 aliphatic rings. The van der Waals surface area contributed by atoms with Gasteiger partial charge in [-0.2, -0.15) is 0 Å². The van der Waals surface area contributed by atoms with Gasteiger partial charge in [-0.25, -0.2) is 4.79 Å². The number of ether oxygens (including phenoxy) is 1. The fourth-order valence-corrected chi connectivity index (χ4v) is 2.32. The third-order valence-electron chi connectivity index (χ3n) is 3.25. The van der Waals surface area contributed by atoms with Crippen molar-refractivity contribution in [2.75, 3.05) is 36.9 Å². The predicted molar refractivity (Wildman–Crippen MR) is 70.3 cm³/mol. The number of nitrogens with zero attached hydrogens (tertiary/aromatic N) is 1. The normalized spacial score (nSPS) is 20.1. The molecule has 1 atom stereocenters. The molecule has 1 saturated heterocycles. The Hall–Kier alpha value is -1.99. The van der Waals surface area contributed by atoms with Crippen LogP contribution in [0.5, 0.6) is 0 Å². The molecule has 0 saturated carbocycles. The lowest BCUT2D eigenvalue weighted by atomic mass is 10.2. The van der Waals surface area contributed by atoms with E-state index in [1.54, 1.807) is 12.1 Å². The number of oxazole rings is 1. The zero-order valence-corrected chi connectivity index (χ0v) is 10.3. The molecule has 7 nitrogen and oxygen atoms in total. The maximum Gasteiger partial charge on any atom is 0.417 e. The topological polar surface area (TPSA) is 105 Å². The molecule has 2 heterocycles. The summed E-state index contributed by atoms with van der Waals surface area (Å²) in [4.78, 5) is 15.8. The summed E-state index contributed by atoms with van der Waals surface area (Å²) in [6.07, 6.45) is -0.216. The quantitative estimate of drug-likeness (QED) is 0.655. The number of nitrogens with one attached hydrogen (secondary N) is 1. The van der Waals surface area contributed by atoms with Crippen LogP contribution in [0.15, 0.2) is 21.3 Å². The SMILES string of the molecule is Nc1cc2oc(=O)[nH]c2cc1N1CCOC(CO)C1. The third kappa shape index (κ3) is 2.18. The van der Waals surface area contributed by atoms with Crippen LogP contribution in [0.2, 0.25) is 0 Å². The van der Waals surface area contributed by atoms with Gasteiger partial charge in [0.25, 0.3) is 0 Å². The number of nitrogen functional groups attached to an aromatic ring is 1. The van der Waals surface area contributed by atoms with E-state index in [0.29, 0.717) is 36.5 Å². The molecule has 19 heavy (non-hydrogen) atoms. The highest BCUT2D eigenvalue weighted by Crippen LogP contribution is 2.29. The van der Waals surface area contributed by atoms with E-state index in [0.717, 1.165) is 5.69 Å². The Balaban J connectivity index is 1.99. The van der Waals surface area contributed by atoms with Crippen LogP contribution >= 0.6 is 0 Å². The minimum absolute atomic E-state index is 0.0266. The summed E-state index contributed by atoms with van der Waals surface area (Å²) in [5, 5.41) is 9.15. The lowest BCUT2D eigenvalue weighted by molar-refractivity contribution is 0.00361. The summed E-state index contributed by atoms with van der Waals surface area (Å²) >= 11 is 0. The summed E-state index contributed by atoms with van der Waals surface area (Å²) in [6.45, 7) is 1.76. The van der Waals surface area contributed by atoms with Gasteiger partial charge in [0.1, 0.15) is 0 Å². The minimum Gasteiger partial charge on any atom is -0.408 e. The molecule has 3 rings (SSSR count). The highest BCUT2D eigenvalue weighted by atomic mass is 16.5. The van der Waals surface area contributed by atoms with Crippen molar-refractivity contribution in [3.05, 3.63) is 22.7 Å². The molecule has 1 fully saturated rings. The van der Waals surface area contributed by atoms with Crippen LogP contribution in [-0.2, 0) is 4.74 Å². The molecule has 0 aliphatic carbocycles. The average Bonchev–Trinajstić information content (AvgIpc) is 2.77. The molecule has 2 aromatic rings. The number of aromatic amines is 1. The molecular weight excluding hydrogens is 250 g/mol. The molecular formula is C12H15N3O4. The fraction of sp³-hybridized carbons (Fsp3) is 0.417. The number of anilines is 2. The first kappa shape index (κ1) is 12.1. The Morgan fingerprint density at radius 1 is 1.53 bits per heavy atom. The first-order valence-corrected chi connectivity index (χ1v) is 6.07. The van der Waals surface area contributed by atoms with E-state index in [2.05, 4.69) is 4.98 Å².